The Kier molecular flexibility index (Phi) is 6.94. The van der Waals surface area contributed by atoms with Gasteiger partial charge in [-0.25, -0.2) is 0 Å². The van der Waals surface area contributed by atoms with Gasteiger partial charge in [-0.3, -0.25) is 9.59 Å². The van der Waals surface area contributed by atoms with E-state index in [4.69, 9.17) is 9.47 Å². The summed E-state index contributed by atoms with van der Waals surface area (Å²) in [7, 11) is 3.09. The molecule has 34 heavy (non-hydrogen) atoms. The van der Waals surface area contributed by atoms with Crippen molar-refractivity contribution < 1.29 is 19.1 Å². The SMILES string of the molecule is COc1ccc(OC)c(NC(=O)c2c(Nc3ccccc3)sc(C(=O)c3ccccc3)c2C)c1. The number of benzene rings is 3. The zero-order valence-corrected chi connectivity index (χ0v) is 19.9. The van der Waals surface area contributed by atoms with E-state index in [-0.39, 0.29) is 11.7 Å². The number of hydrogen-bond acceptors (Lipinski definition) is 6. The Hall–Kier alpha value is -4.10. The summed E-state index contributed by atoms with van der Waals surface area (Å²) < 4.78 is 10.7. The van der Waals surface area contributed by atoms with Gasteiger partial charge < -0.3 is 20.1 Å². The predicted molar refractivity (Wildman–Crippen MR) is 136 cm³/mol. The van der Waals surface area contributed by atoms with E-state index in [1.807, 2.05) is 48.5 Å². The Morgan fingerprint density at radius 3 is 2.18 bits per heavy atom. The van der Waals surface area contributed by atoms with Gasteiger partial charge in [0, 0.05) is 17.3 Å². The van der Waals surface area contributed by atoms with Gasteiger partial charge in [0.2, 0.25) is 5.78 Å². The highest BCUT2D eigenvalue weighted by Gasteiger charge is 2.26. The van der Waals surface area contributed by atoms with Gasteiger partial charge in [0.25, 0.3) is 5.91 Å². The smallest absolute Gasteiger partial charge is 0.259 e. The monoisotopic (exact) mass is 472 g/mol. The van der Waals surface area contributed by atoms with Gasteiger partial charge in [0.15, 0.2) is 0 Å². The minimum atomic E-state index is -0.356. The van der Waals surface area contributed by atoms with Crippen LogP contribution in [0.5, 0.6) is 11.5 Å². The Labute approximate surface area is 202 Å². The van der Waals surface area contributed by atoms with Crippen molar-refractivity contribution in [3.63, 3.8) is 0 Å². The van der Waals surface area contributed by atoms with Gasteiger partial charge >= 0.3 is 0 Å². The number of ketones is 1. The first-order valence-electron chi connectivity index (χ1n) is 10.6. The van der Waals surface area contributed by atoms with Gasteiger partial charge in [-0.2, -0.15) is 0 Å². The number of carbonyl (C=O) groups excluding carboxylic acids is 2. The summed E-state index contributed by atoms with van der Waals surface area (Å²) in [5, 5.41) is 6.82. The van der Waals surface area contributed by atoms with E-state index in [1.54, 1.807) is 44.4 Å². The number of rotatable bonds is 8. The molecule has 0 aliphatic carbocycles. The van der Waals surface area contributed by atoms with Crippen LogP contribution in [0.3, 0.4) is 0 Å². The predicted octanol–water partition coefficient (Wildman–Crippen LogP) is 6.30. The van der Waals surface area contributed by atoms with Gasteiger partial charge in [-0.05, 0) is 36.8 Å². The molecule has 4 aromatic rings. The molecular formula is C27H24N2O4S. The van der Waals surface area contributed by atoms with Crippen LogP contribution in [0.2, 0.25) is 0 Å². The van der Waals surface area contributed by atoms with Gasteiger partial charge in [-0.1, -0.05) is 48.5 Å². The molecule has 1 aromatic heterocycles. The molecule has 0 saturated carbocycles. The fourth-order valence-corrected chi connectivity index (χ4v) is 4.75. The van der Waals surface area contributed by atoms with Crippen LogP contribution in [0.1, 0.15) is 31.2 Å². The van der Waals surface area contributed by atoms with Crippen molar-refractivity contribution >= 4 is 39.4 Å². The van der Waals surface area contributed by atoms with Crippen molar-refractivity contribution in [1.29, 1.82) is 0 Å². The highest BCUT2D eigenvalue weighted by molar-refractivity contribution is 7.19. The van der Waals surface area contributed by atoms with Gasteiger partial charge in [0.1, 0.15) is 16.5 Å². The van der Waals surface area contributed by atoms with E-state index < -0.39 is 0 Å². The van der Waals surface area contributed by atoms with Crippen molar-refractivity contribution in [3.8, 4) is 11.5 Å². The molecule has 0 spiro atoms. The number of hydrogen-bond donors (Lipinski definition) is 2. The first-order valence-corrected chi connectivity index (χ1v) is 11.4. The minimum Gasteiger partial charge on any atom is -0.497 e. The van der Waals surface area contributed by atoms with Crippen LogP contribution in [0, 0.1) is 6.92 Å². The summed E-state index contributed by atoms with van der Waals surface area (Å²) in [5.74, 6) is 0.601. The summed E-state index contributed by atoms with van der Waals surface area (Å²) in [6, 6.07) is 23.7. The molecule has 172 valence electrons. The van der Waals surface area contributed by atoms with E-state index in [0.717, 1.165) is 5.69 Å². The van der Waals surface area contributed by atoms with Crippen molar-refractivity contribution in [3.05, 3.63) is 100 Å². The first-order chi connectivity index (χ1) is 16.5. The van der Waals surface area contributed by atoms with E-state index in [2.05, 4.69) is 10.6 Å². The molecule has 0 aliphatic rings. The number of ether oxygens (including phenoxy) is 2. The molecule has 7 heteroatoms. The fraction of sp³-hybridized carbons (Fsp3) is 0.111. The molecule has 1 amide bonds. The van der Waals surface area contributed by atoms with E-state index in [1.165, 1.54) is 18.4 Å². The number of thiophene rings is 1. The normalized spacial score (nSPS) is 10.4. The number of para-hydroxylation sites is 1. The highest BCUT2D eigenvalue weighted by Crippen LogP contribution is 2.38. The lowest BCUT2D eigenvalue weighted by atomic mass is 10.0. The molecule has 0 bridgehead atoms. The third-order valence-corrected chi connectivity index (χ3v) is 6.51. The maximum absolute atomic E-state index is 13.5. The Bertz CT molecular complexity index is 1320. The summed E-state index contributed by atoms with van der Waals surface area (Å²) in [4.78, 5) is 27.3. The lowest BCUT2D eigenvalue weighted by Crippen LogP contribution is -2.15. The molecule has 6 nitrogen and oxygen atoms in total. The lowest BCUT2D eigenvalue weighted by Gasteiger charge is -2.13. The van der Waals surface area contributed by atoms with E-state index in [0.29, 0.717) is 43.8 Å². The maximum Gasteiger partial charge on any atom is 0.259 e. The molecule has 0 aliphatic heterocycles. The van der Waals surface area contributed by atoms with E-state index in [9.17, 15) is 9.59 Å². The quantitative estimate of drug-likeness (QED) is 0.294. The van der Waals surface area contributed by atoms with Crippen LogP contribution < -0.4 is 20.1 Å². The average molecular weight is 473 g/mol. The average Bonchev–Trinajstić information content (AvgIpc) is 3.20. The molecule has 0 radical (unpaired) electrons. The van der Waals surface area contributed by atoms with E-state index >= 15 is 0 Å². The molecule has 0 saturated heterocycles. The zero-order chi connectivity index (χ0) is 24.1. The molecule has 0 fully saturated rings. The molecule has 0 unspecified atom stereocenters. The molecule has 1 heterocycles. The van der Waals surface area contributed by atoms with Gasteiger partial charge in [0.05, 0.1) is 30.3 Å². The topological polar surface area (TPSA) is 76.7 Å². The fourth-order valence-electron chi connectivity index (χ4n) is 3.56. The molecule has 3 aromatic carbocycles. The van der Waals surface area contributed by atoms with Crippen molar-refractivity contribution in [2.45, 2.75) is 6.92 Å². The van der Waals surface area contributed by atoms with Crippen molar-refractivity contribution in [2.24, 2.45) is 0 Å². The summed E-state index contributed by atoms with van der Waals surface area (Å²) in [6.45, 7) is 1.79. The number of carbonyl (C=O) groups is 2. The Balaban J connectivity index is 1.76. The van der Waals surface area contributed by atoms with Crippen LogP contribution in [0.25, 0.3) is 0 Å². The second-order valence-corrected chi connectivity index (χ2v) is 8.49. The first kappa shape index (κ1) is 23.1. The van der Waals surface area contributed by atoms with Crippen LogP contribution in [0.15, 0.2) is 78.9 Å². The third kappa shape index (κ3) is 4.79. The highest BCUT2D eigenvalue weighted by atomic mass is 32.1. The van der Waals surface area contributed by atoms with Crippen molar-refractivity contribution in [2.75, 3.05) is 24.9 Å². The maximum atomic E-state index is 13.5. The van der Waals surface area contributed by atoms with Crippen LogP contribution >= 0.6 is 11.3 Å². The summed E-state index contributed by atoms with van der Waals surface area (Å²) in [6.07, 6.45) is 0. The number of nitrogens with one attached hydrogen (secondary N) is 2. The minimum absolute atomic E-state index is 0.128. The lowest BCUT2D eigenvalue weighted by molar-refractivity contribution is 0.102. The van der Waals surface area contributed by atoms with Crippen LogP contribution in [0.4, 0.5) is 16.4 Å². The molecule has 0 atom stereocenters. The second kappa shape index (κ2) is 10.2. The largest absolute Gasteiger partial charge is 0.497 e. The summed E-state index contributed by atoms with van der Waals surface area (Å²) in [5.41, 5.74) is 2.86. The zero-order valence-electron chi connectivity index (χ0n) is 19.0. The van der Waals surface area contributed by atoms with Crippen molar-refractivity contribution in [1.82, 2.24) is 0 Å². The summed E-state index contributed by atoms with van der Waals surface area (Å²) >= 11 is 1.26. The third-order valence-electron chi connectivity index (χ3n) is 5.30. The number of anilines is 3. The second-order valence-electron chi connectivity index (χ2n) is 7.47. The Morgan fingerprint density at radius 1 is 0.853 bits per heavy atom. The Morgan fingerprint density at radius 2 is 1.53 bits per heavy atom. The number of methoxy groups -OCH3 is 2. The molecule has 4 rings (SSSR count). The standard InChI is InChI=1S/C27H24N2O4S/c1-17-23(26(31)29-21-16-20(32-2)14-15-22(21)33-3)27(28-19-12-8-5-9-13-19)34-25(17)24(30)18-10-6-4-7-11-18/h4-16,28H,1-3H3,(H,29,31). The van der Waals surface area contributed by atoms with Gasteiger partial charge in [-0.15, -0.1) is 11.3 Å². The van der Waals surface area contributed by atoms with Crippen LogP contribution in [-0.2, 0) is 0 Å². The molecular weight excluding hydrogens is 448 g/mol. The molecule has 2 N–H and O–H groups in total. The number of amides is 1. The van der Waals surface area contributed by atoms with Crippen LogP contribution in [-0.4, -0.2) is 25.9 Å².